The zero-order chi connectivity index (χ0) is 30.2. The van der Waals surface area contributed by atoms with Crippen molar-refractivity contribution in [2.45, 2.75) is 52.7 Å². The second kappa shape index (κ2) is 11.7. The van der Waals surface area contributed by atoms with Crippen LogP contribution in [0.4, 0.5) is 21.6 Å². The first-order chi connectivity index (χ1) is 20.8. The summed E-state index contributed by atoms with van der Waals surface area (Å²) in [6.07, 6.45) is 4.37. The minimum absolute atomic E-state index is 0.00450. The lowest BCUT2D eigenvalue weighted by Gasteiger charge is -2.41. The third-order valence-corrected chi connectivity index (χ3v) is 8.89. The number of aromatic amines is 1. The molecule has 43 heavy (non-hydrogen) atoms. The Kier molecular flexibility index (Phi) is 7.75. The normalized spacial score (nSPS) is 17.0. The van der Waals surface area contributed by atoms with E-state index in [1.165, 1.54) is 23.3 Å². The maximum absolute atomic E-state index is 14.5. The van der Waals surface area contributed by atoms with Gasteiger partial charge in [0.05, 0.1) is 17.4 Å². The minimum atomic E-state index is -0.433. The standard InChI is InChI=1S/C33H37FN8O/c1-5-40(21(2)3)33(43)28-14-24(34)7-9-30(28)42-13-12-41(32-31(42)17-36-20-37-32)26-10-11-39(19-26)18-23-6-8-29-27(22(23)4)15-25(16-35)38-29/h6-9,14-15,17,20-21,26,38H,5,10-13,18-19H2,1-4H3. The predicted molar refractivity (Wildman–Crippen MR) is 166 cm³/mol. The van der Waals surface area contributed by atoms with Crippen LogP contribution >= 0.6 is 0 Å². The molecule has 1 fully saturated rings. The highest BCUT2D eigenvalue weighted by atomic mass is 19.1. The molecule has 2 aliphatic heterocycles. The van der Waals surface area contributed by atoms with Crippen molar-refractivity contribution in [3.63, 3.8) is 0 Å². The molecule has 0 radical (unpaired) electrons. The van der Waals surface area contributed by atoms with Crippen LogP contribution in [0.2, 0.25) is 0 Å². The zero-order valence-corrected chi connectivity index (χ0v) is 25.1. The molecule has 0 aliphatic carbocycles. The summed E-state index contributed by atoms with van der Waals surface area (Å²) < 4.78 is 14.5. The van der Waals surface area contributed by atoms with Crippen LogP contribution < -0.4 is 9.80 Å². The van der Waals surface area contributed by atoms with Gasteiger partial charge in [0, 0.05) is 62.3 Å². The summed E-state index contributed by atoms with van der Waals surface area (Å²) in [5, 5.41) is 10.4. The molecule has 0 bridgehead atoms. The largest absolute Gasteiger partial charge is 0.349 e. The van der Waals surface area contributed by atoms with Gasteiger partial charge in [-0.25, -0.2) is 14.4 Å². The fraction of sp³-hybridized carbons (Fsp3) is 0.394. The molecule has 4 heterocycles. The van der Waals surface area contributed by atoms with E-state index < -0.39 is 5.82 Å². The summed E-state index contributed by atoms with van der Waals surface area (Å²) in [5.74, 6) is 0.217. The van der Waals surface area contributed by atoms with E-state index in [2.05, 4.69) is 49.8 Å². The molecular formula is C33H37FN8O. The van der Waals surface area contributed by atoms with Crippen molar-refractivity contribution in [1.82, 2.24) is 24.8 Å². The van der Waals surface area contributed by atoms with Crippen molar-refractivity contribution < 1.29 is 9.18 Å². The van der Waals surface area contributed by atoms with Gasteiger partial charge in [-0.3, -0.25) is 9.69 Å². The smallest absolute Gasteiger partial charge is 0.256 e. The first-order valence-corrected chi connectivity index (χ1v) is 15.0. The lowest BCUT2D eigenvalue weighted by atomic mass is 10.0. The molecule has 10 heteroatoms. The van der Waals surface area contributed by atoms with Crippen molar-refractivity contribution in [3.8, 4) is 6.07 Å². The number of nitrogens with zero attached hydrogens (tertiary/aromatic N) is 7. The van der Waals surface area contributed by atoms with Crippen molar-refractivity contribution in [3.05, 3.63) is 77.1 Å². The maximum atomic E-state index is 14.5. The number of carbonyl (C=O) groups excluding carboxylic acids is 1. The van der Waals surface area contributed by atoms with Gasteiger partial charge in [-0.2, -0.15) is 5.26 Å². The Morgan fingerprint density at radius 1 is 1.19 bits per heavy atom. The van der Waals surface area contributed by atoms with Crippen molar-refractivity contribution in [2.24, 2.45) is 0 Å². The van der Waals surface area contributed by atoms with E-state index in [4.69, 9.17) is 4.98 Å². The molecule has 4 aromatic rings. The molecule has 1 saturated heterocycles. The van der Waals surface area contributed by atoms with E-state index in [-0.39, 0.29) is 18.0 Å². The van der Waals surface area contributed by atoms with E-state index in [9.17, 15) is 14.4 Å². The average Bonchev–Trinajstić information content (AvgIpc) is 3.66. The molecule has 0 saturated carbocycles. The van der Waals surface area contributed by atoms with Gasteiger partial charge in [0.25, 0.3) is 5.91 Å². The number of halogens is 1. The number of hydrogen-bond donors (Lipinski definition) is 1. The van der Waals surface area contributed by atoms with E-state index in [0.717, 1.165) is 55.0 Å². The second-order valence-electron chi connectivity index (χ2n) is 11.7. The molecule has 9 nitrogen and oxygen atoms in total. The highest BCUT2D eigenvalue weighted by Gasteiger charge is 2.35. The number of anilines is 3. The predicted octanol–water partition coefficient (Wildman–Crippen LogP) is 5.38. The summed E-state index contributed by atoms with van der Waals surface area (Å²) in [7, 11) is 0. The van der Waals surface area contributed by atoms with Gasteiger partial charge in [0.1, 0.15) is 29.6 Å². The number of H-pyrrole nitrogens is 1. The molecule has 2 aromatic heterocycles. The number of aromatic nitrogens is 3. The number of carbonyl (C=O) groups is 1. The van der Waals surface area contributed by atoms with E-state index >= 15 is 0 Å². The van der Waals surface area contributed by atoms with Gasteiger partial charge < -0.3 is 19.7 Å². The third-order valence-electron chi connectivity index (χ3n) is 8.89. The molecule has 1 N–H and O–H groups in total. The third kappa shape index (κ3) is 5.30. The molecule has 2 aliphatic rings. The van der Waals surface area contributed by atoms with Crippen molar-refractivity contribution >= 4 is 34.0 Å². The molecule has 222 valence electrons. The summed E-state index contributed by atoms with van der Waals surface area (Å²) in [6, 6.07) is 13.1. The quantitative estimate of drug-likeness (QED) is 0.314. The molecule has 1 atom stereocenters. The van der Waals surface area contributed by atoms with Gasteiger partial charge in [-0.05, 0) is 75.6 Å². The summed E-state index contributed by atoms with van der Waals surface area (Å²) in [5.41, 5.74) is 5.88. The number of rotatable bonds is 7. The number of nitriles is 1. The Morgan fingerprint density at radius 3 is 2.79 bits per heavy atom. The van der Waals surface area contributed by atoms with Crippen molar-refractivity contribution in [2.75, 3.05) is 42.5 Å². The Balaban J connectivity index is 1.24. The van der Waals surface area contributed by atoms with Crippen LogP contribution in [0.5, 0.6) is 0 Å². The fourth-order valence-corrected chi connectivity index (χ4v) is 6.66. The van der Waals surface area contributed by atoms with Gasteiger partial charge >= 0.3 is 0 Å². The van der Waals surface area contributed by atoms with Crippen LogP contribution in [0.25, 0.3) is 10.9 Å². The van der Waals surface area contributed by atoms with Crippen molar-refractivity contribution in [1.29, 1.82) is 5.26 Å². The summed E-state index contributed by atoms with van der Waals surface area (Å²) in [4.78, 5) is 34.5. The van der Waals surface area contributed by atoms with Crippen LogP contribution in [0.15, 0.2) is 48.9 Å². The maximum Gasteiger partial charge on any atom is 0.256 e. The van der Waals surface area contributed by atoms with Gasteiger partial charge in [-0.15, -0.1) is 0 Å². The van der Waals surface area contributed by atoms with E-state index in [1.807, 2.05) is 26.8 Å². The monoisotopic (exact) mass is 580 g/mol. The molecule has 6 rings (SSSR count). The number of aryl methyl sites for hydroxylation is 1. The van der Waals surface area contributed by atoms with E-state index in [1.54, 1.807) is 23.5 Å². The molecule has 2 aromatic carbocycles. The van der Waals surface area contributed by atoms with Crippen LogP contribution in [-0.4, -0.2) is 75.5 Å². The first-order valence-electron chi connectivity index (χ1n) is 15.0. The first kappa shape index (κ1) is 28.6. The molecular weight excluding hydrogens is 543 g/mol. The Labute approximate surface area is 251 Å². The number of fused-ring (bicyclic) bond motifs is 2. The number of nitrogens with one attached hydrogen (secondary N) is 1. The number of hydrogen-bond acceptors (Lipinski definition) is 7. The van der Waals surface area contributed by atoms with E-state index in [0.29, 0.717) is 30.0 Å². The highest BCUT2D eigenvalue weighted by Crippen LogP contribution is 2.39. The van der Waals surface area contributed by atoms with Gasteiger partial charge in [-0.1, -0.05) is 6.07 Å². The number of benzene rings is 2. The highest BCUT2D eigenvalue weighted by molar-refractivity contribution is 6.01. The Bertz CT molecular complexity index is 1710. The average molecular weight is 581 g/mol. The topological polar surface area (TPSA) is 95.4 Å². The van der Waals surface area contributed by atoms with Gasteiger partial charge in [0.2, 0.25) is 0 Å². The van der Waals surface area contributed by atoms with Gasteiger partial charge in [0.15, 0.2) is 5.82 Å². The fourth-order valence-electron chi connectivity index (χ4n) is 6.66. The Morgan fingerprint density at radius 2 is 2.02 bits per heavy atom. The lowest BCUT2D eigenvalue weighted by Crippen LogP contribution is -2.47. The zero-order valence-electron chi connectivity index (χ0n) is 25.1. The summed E-state index contributed by atoms with van der Waals surface area (Å²) >= 11 is 0. The molecule has 1 unspecified atom stereocenters. The SMILES string of the molecule is CCN(C(=O)c1cc(F)ccc1N1CCN(C2CCN(Cc3ccc4[nH]c(C#N)cc4c3C)C2)c2ncncc21)C(C)C. The molecule has 0 spiro atoms. The minimum Gasteiger partial charge on any atom is -0.349 e. The molecule has 1 amide bonds. The van der Waals surface area contributed by atoms with Crippen LogP contribution in [0, 0.1) is 24.1 Å². The summed E-state index contributed by atoms with van der Waals surface area (Å²) in [6.45, 7) is 12.6. The number of amides is 1. The van der Waals surface area contributed by atoms with Crippen LogP contribution in [0.3, 0.4) is 0 Å². The Hall–Kier alpha value is -4.49. The van der Waals surface area contributed by atoms with Crippen LogP contribution in [0.1, 0.15) is 54.4 Å². The second-order valence-corrected chi connectivity index (χ2v) is 11.7. The van der Waals surface area contributed by atoms with Crippen LogP contribution in [-0.2, 0) is 6.54 Å². The lowest BCUT2D eigenvalue weighted by molar-refractivity contribution is 0.0717. The number of likely N-dealkylation sites (tertiary alicyclic amines) is 1.